The molecule has 0 atom stereocenters. The Morgan fingerprint density at radius 3 is 2.33 bits per heavy atom. The minimum Gasteiger partial charge on any atom is -0.543 e. The molecule has 0 unspecified atom stereocenters. The van der Waals surface area contributed by atoms with Crippen LogP contribution in [0.15, 0.2) is 18.2 Å². The molecule has 0 saturated heterocycles. The Morgan fingerprint density at radius 2 is 1.89 bits per heavy atom. The maximum Gasteiger partial charge on any atom is 0.250 e. The van der Waals surface area contributed by atoms with Gasteiger partial charge in [-0.2, -0.15) is 0 Å². The van der Waals surface area contributed by atoms with Crippen LogP contribution in [0.5, 0.6) is 5.75 Å². The Labute approximate surface area is 111 Å². The molecule has 1 aromatic carbocycles. The van der Waals surface area contributed by atoms with Crippen molar-refractivity contribution in [2.45, 2.75) is 52.2 Å². The highest BCUT2D eigenvalue weighted by Gasteiger charge is 2.39. The molecule has 0 bridgehead atoms. The minimum atomic E-state index is -1.90. The summed E-state index contributed by atoms with van der Waals surface area (Å²) in [6.07, 6.45) is 1.77. The Morgan fingerprint density at radius 1 is 1.28 bits per heavy atom. The van der Waals surface area contributed by atoms with E-state index in [2.05, 4.69) is 40.8 Å². The number of para-hydroxylation sites is 1. The number of carbonyl (C=O) groups excluding carboxylic acids is 1. The lowest BCUT2D eigenvalue weighted by molar-refractivity contribution is 0.112. The van der Waals surface area contributed by atoms with Crippen LogP contribution in [0.3, 0.4) is 0 Å². The van der Waals surface area contributed by atoms with Gasteiger partial charge >= 0.3 is 0 Å². The lowest BCUT2D eigenvalue weighted by atomic mass is 10.1. The lowest BCUT2D eigenvalue weighted by Gasteiger charge is -2.37. The molecule has 0 aliphatic rings. The van der Waals surface area contributed by atoms with Crippen LogP contribution < -0.4 is 4.43 Å². The monoisotopic (exact) mass is 264 g/mol. The molecule has 0 heterocycles. The zero-order chi connectivity index (χ0) is 14.0. The number of hydrogen-bond acceptors (Lipinski definition) is 2. The summed E-state index contributed by atoms with van der Waals surface area (Å²) in [7, 11) is -1.90. The van der Waals surface area contributed by atoms with E-state index in [4.69, 9.17) is 4.43 Å². The van der Waals surface area contributed by atoms with Crippen LogP contribution in [0.4, 0.5) is 0 Å². The topological polar surface area (TPSA) is 26.3 Å². The van der Waals surface area contributed by atoms with Gasteiger partial charge in [-0.25, -0.2) is 0 Å². The van der Waals surface area contributed by atoms with Gasteiger partial charge < -0.3 is 4.43 Å². The summed E-state index contributed by atoms with van der Waals surface area (Å²) in [5.41, 5.74) is 1.78. The largest absolute Gasteiger partial charge is 0.543 e. The van der Waals surface area contributed by atoms with Gasteiger partial charge in [0.1, 0.15) is 5.75 Å². The van der Waals surface area contributed by atoms with Crippen molar-refractivity contribution in [3.63, 3.8) is 0 Å². The molecule has 0 aliphatic heterocycles. The molecule has 0 amide bonds. The van der Waals surface area contributed by atoms with Gasteiger partial charge in [0, 0.05) is 0 Å². The SMILES string of the molecule is CCc1cccc(C=O)c1O[Si](C)(C)C(C)(C)C. The molecular formula is C15H24O2Si. The molecule has 0 aromatic heterocycles. The number of aryl methyl sites for hydroxylation is 1. The molecule has 1 rings (SSSR count). The molecule has 0 saturated carbocycles. The number of carbonyl (C=O) groups is 1. The van der Waals surface area contributed by atoms with Crippen LogP contribution in [0.25, 0.3) is 0 Å². The molecule has 0 radical (unpaired) electrons. The summed E-state index contributed by atoms with van der Waals surface area (Å²) in [4.78, 5) is 11.2. The summed E-state index contributed by atoms with van der Waals surface area (Å²) in [6, 6.07) is 5.78. The Kier molecular flexibility index (Phi) is 4.38. The van der Waals surface area contributed by atoms with Gasteiger partial charge in [-0.05, 0) is 36.2 Å². The van der Waals surface area contributed by atoms with Crippen molar-refractivity contribution in [1.29, 1.82) is 0 Å². The fraction of sp³-hybridized carbons (Fsp3) is 0.533. The molecule has 0 N–H and O–H groups in total. The highest BCUT2D eigenvalue weighted by molar-refractivity contribution is 6.74. The molecule has 2 nitrogen and oxygen atoms in total. The van der Waals surface area contributed by atoms with Crippen LogP contribution in [-0.4, -0.2) is 14.6 Å². The van der Waals surface area contributed by atoms with Gasteiger partial charge in [-0.3, -0.25) is 4.79 Å². The highest BCUT2D eigenvalue weighted by atomic mass is 28.4. The molecule has 0 fully saturated rings. The summed E-state index contributed by atoms with van der Waals surface area (Å²) >= 11 is 0. The van der Waals surface area contributed by atoms with E-state index >= 15 is 0 Å². The van der Waals surface area contributed by atoms with E-state index in [0.717, 1.165) is 24.0 Å². The van der Waals surface area contributed by atoms with E-state index in [0.29, 0.717) is 5.56 Å². The molecule has 3 heteroatoms. The first-order chi connectivity index (χ1) is 8.23. The number of hydrogen-bond donors (Lipinski definition) is 0. The quantitative estimate of drug-likeness (QED) is 0.593. The first-order valence-corrected chi connectivity index (χ1v) is 9.40. The van der Waals surface area contributed by atoms with E-state index < -0.39 is 8.32 Å². The normalized spacial score (nSPS) is 12.3. The van der Waals surface area contributed by atoms with Crippen LogP contribution in [0, 0.1) is 0 Å². The summed E-state index contributed by atoms with van der Waals surface area (Å²) in [6.45, 7) is 13.1. The zero-order valence-corrected chi connectivity index (χ0v) is 13.3. The van der Waals surface area contributed by atoms with Gasteiger partial charge in [-0.1, -0.05) is 39.8 Å². The van der Waals surface area contributed by atoms with Gasteiger partial charge in [0.2, 0.25) is 0 Å². The molecular weight excluding hydrogens is 240 g/mol. The first kappa shape index (κ1) is 15.0. The van der Waals surface area contributed by atoms with E-state index in [1.165, 1.54) is 0 Å². The van der Waals surface area contributed by atoms with E-state index in [1.807, 2.05) is 18.2 Å². The van der Waals surface area contributed by atoms with Gasteiger partial charge in [-0.15, -0.1) is 0 Å². The van der Waals surface area contributed by atoms with E-state index in [1.54, 1.807) is 0 Å². The van der Waals surface area contributed by atoms with Crippen molar-refractivity contribution in [2.24, 2.45) is 0 Å². The fourth-order valence-electron chi connectivity index (χ4n) is 1.51. The number of rotatable bonds is 4. The van der Waals surface area contributed by atoms with Gasteiger partial charge in [0.25, 0.3) is 8.32 Å². The summed E-state index contributed by atoms with van der Waals surface area (Å²) < 4.78 is 6.32. The maximum absolute atomic E-state index is 11.2. The van der Waals surface area contributed by atoms with Gasteiger partial charge in [0.05, 0.1) is 5.56 Å². The van der Waals surface area contributed by atoms with Crippen molar-refractivity contribution >= 4 is 14.6 Å². The van der Waals surface area contributed by atoms with Crippen molar-refractivity contribution in [1.82, 2.24) is 0 Å². The Balaban J connectivity index is 3.21. The minimum absolute atomic E-state index is 0.133. The molecule has 1 aromatic rings. The number of aldehydes is 1. The van der Waals surface area contributed by atoms with Crippen LogP contribution in [-0.2, 0) is 6.42 Å². The molecule has 18 heavy (non-hydrogen) atoms. The van der Waals surface area contributed by atoms with Crippen molar-refractivity contribution in [3.8, 4) is 5.75 Å². The van der Waals surface area contributed by atoms with Crippen molar-refractivity contribution in [2.75, 3.05) is 0 Å². The Hall–Kier alpha value is -1.09. The maximum atomic E-state index is 11.2. The third kappa shape index (κ3) is 3.02. The highest BCUT2D eigenvalue weighted by Crippen LogP contribution is 2.39. The van der Waals surface area contributed by atoms with E-state index in [-0.39, 0.29) is 5.04 Å². The predicted molar refractivity (Wildman–Crippen MR) is 79.0 cm³/mol. The van der Waals surface area contributed by atoms with Crippen molar-refractivity contribution < 1.29 is 9.22 Å². The summed E-state index contributed by atoms with van der Waals surface area (Å²) in [5, 5.41) is 0.133. The third-order valence-electron chi connectivity index (χ3n) is 3.80. The van der Waals surface area contributed by atoms with Crippen LogP contribution in [0.2, 0.25) is 18.1 Å². The van der Waals surface area contributed by atoms with E-state index in [9.17, 15) is 4.79 Å². The standard InChI is InChI=1S/C15H24O2Si/c1-7-12-9-8-10-13(11-16)14(12)17-18(5,6)15(2,3)4/h8-11H,7H2,1-6H3. The van der Waals surface area contributed by atoms with Crippen molar-refractivity contribution in [3.05, 3.63) is 29.3 Å². The number of benzene rings is 1. The Bertz CT molecular complexity index is 431. The van der Waals surface area contributed by atoms with Gasteiger partial charge in [0.15, 0.2) is 6.29 Å². The average Bonchev–Trinajstić information content (AvgIpc) is 2.27. The van der Waals surface area contributed by atoms with Crippen LogP contribution >= 0.6 is 0 Å². The summed E-state index contributed by atoms with van der Waals surface area (Å²) in [5.74, 6) is 0.793. The predicted octanol–water partition coefficient (Wildman–Crippen LogP) is 4.45. The molecule has 0 aliphatic carbocycles. The molecule has 0 spiro atoms. The lowest BCUT2D eigenvalue weighted by Crippen LogP contribution is -2.44. The molecule has 100 valence electrons. The average molecular weight is 264 g/mol. The van der Waals surface area contributed by atoms with Crippen LogP contribution in [0.1, 0.15) is 43.6 Å². The third-order valence-corrected chi connectivity index (χ3v) is 8.13. The fourth-order valence-corrected chi connectivity index (χ4v) is 2.57. The zero-order valence-electron chi connectivity index (χ0n) is 12.3. The first-order valence-electron chi connectivity index (χ1n) is 6.49. The smallest absolute Gasteiger partial charge is 0.250 e. The second-order valence-corrected chi connectivity index (χ2v) is 10.9. The second kappa shape index (κ2) is 5.27. The second-order valence-electron chi connectivity index (χ2n) is 6.17.